The Kier molecular flexibility index (Phi) is 6.25. The molecule has 0 amide bonds. The van der Waals surface area contributed by atoms with Gasteiger partial charge in [-0.2, -0.15) is 0 Å². The molecule has 16 atom stereocenters. The molecule has 1 spiro atoms. The Morgan fingerprint density at radius 2 is 1.65 bits per heavy atom. The van der Waals surface area contributed by atoms with E-state index in [0.717, 1.165) is 12.8 Å². The third-order valence-corrected chi connectivity index (χ3v) is 16.8. The Morgan fingerprint density at radius 3 is 2.35 bits per heavy atom. The highest BCUT2D eigenvalue weighted by molar-refractivity contribution is 5.96. The average molecular weight is 677 g/mol. The zero-order valence-electron chi connectivity index (χ0n) is 29.2. The molecule has 8 aliphatic carbocycles. The van der Waals surface area contributed by atoms with Gasteiger partial charge >= 0.3 is 0 Å². The summed E-state index contributed by atoms with van der Waals surface area (Å²) < 4.78 is 7.05. The summed E-state index contributed by atoms with van der Waals surface area (Å²) >= 11 is 0. The summed E-state index contributed by atoms with van der Waals surface area (Å²) in [7, 11) is 0. The number of phenolic OH excluding ortho intramolecular Hbond substituents is 2. The van der Waals surface area contributed by atoms with Gasteiger partial charge < -0.3 is 40.5 Å². The number of aliphatic hydroxyl groups is 5. The molecule has 1 aromatic carbocycles. The molecule has 9 heteroatoms. The average Bonchev–Trinajstić information content (AvgIpc) is 3.35. The van der Waals surface area contributed by atoms with Crippen molar-refractivity contribution in [3.63, 3.8) is 0 Å². The molecule has 1 aromatic rings. The fourth-order valence-electron chi connectivity index (χ4n) is 14.1. The predicted octanol–water partition coefficient (Wildman–Crippen LogP) is 3.79. The van der Waals surface area contributed by atoms with E-state index in [2.05, 4.69) is 19.1 Å². The zero-order chi connectivity index (χ0) is 35.1. The van der Waals surface area contributed by atoms with Crippen molar-refractivity contribution in [2.24, 2.45) is 45.8 Å². The van der Waals surface area contributed by atoms with Crippen LogP contribution in [0.2, 0.25) is 0 Å². The van der Waals surface area contributed by atoms with Crippen LogP contribution in [0.25, 0.3) is 0 Å². The minimum Gasteiger partial charge on any atom is -0.508 e. The van der Waals surface area contributed by atoms with Gasteiger partial charge in [0.25, 0.3) is 0 Å². The lowest BCUT2D eigenvalue weighted by Gasteiger charge is -2.64. The van der Waals surface area contributed by atoms with E-state index in [1.165, 1.54) is 12.1 Å². The number of allylic oxidation sites excluding steroid dienone is 2. The Labute approximate surface area is 287 Å². The van der Waals surface area contributed by atoms with Gasteiger partial charge in [-0.25, -0.2) is 0 Å². The lowest BCUT2D eigenvalue weighted by atomic mass is 9.41. The van der Waals surface area contributed by atoms with Crippen molar-refractivity contribution in [2.45, 2.75) is 133 Å². The number of hydrogen-bond donors (Lipinski definition) is 7. The second-order valence-corrected chi connectivity index (χ2v) is 18.6. The van der Waals surface area contributed by atoms with Crippen LogP contribution in [0.3, 0.4) is 0 Å². The number of carbonyl (C=O) groups is 1. The van der Waals surface area contributed by atoms with Crippen molar-refractivity contribution in [1.82, 2.24) is 0 Å². The molecule has 9 aliphatic rings. The van der Waals surface area contributed by atoms with E-state index in [-0.39, 0.29) is 59.7 Å². The van der Waals surface area contributed by atoms with Crippen LogP contribution in [0.1, 0.15) is 96.6 Å². The van der Waals surface area contributed by atoms with Crippen molar-refractivity contribution in [3.8, 4) is 11.5 Å². The van der Waals surface area contributed by atoms with Gasteiger partial charge in [-0.3, -0.25) is 4.79 Å². The number of phenols is 2. The predicted molar refractivity (Wildman–Crippen MR) is 178 cm³/mol. The standard InChI is InChI=1S/C40H52O9/c1-19-33(45)40(20-6-10-34(19,2)11-7-20)37(5,46)32-28(49-40)17-39(48)25-16-27(43)31-30-23-14-21(41)15-26(42)22(23)8-13-38(30,47)29(44)18-35(31,3)24(25)9-12-36(32,39)4/h6,10,14-16,19-20,24,28-33,41-42,44-48H,7-9,11-13,17-18H2,1-5H3. The number of fused-ring (bicyclic) bond motifs is 13. The molecule has 7 N–H and O–H groups in total. The van der Waals surface area contributed by atoms with Crippen molar-refractivity contribution in [2.75, 3.05) is 0 Å². The number of aromatic hydroxyl groups is 2. The van der Waals surface area contributed by atoms with Gasteiger partial charge in [0.05, 0.1) is 35.1 Å². The Bertz CT molecular complexity index is 1730. The van der Waals surface area contributed by atoms with E-state index in [1.807, 2.05) is 20.8 Å². The van der Waals surface area contributed by atoms with Gasteiger partial charge in [-0.05, 0) is 103 Å². The fraction of sp³-hybridized carbons (Fsp3) is 0.725. The van der Waals surface area contributed by atoms with Gasteiger partial charge in [0.1, 0.15) is 17.1 Å². The summed E-state index contributed by atoms with van der Waals surface area (Å²) in [5.41, 5.74) is -6.07. The lowest BCUT2D eigenvalue weighted by molar-refractivity contribution is -0.236. The molecule has 5 fully saturated rings. The SMILES string of the molecule is CC1C(O)C2(OC3CC4(O)C5=CC(=O)C6C7c8cc(O)cc(O)c8CCC7(O)C(O)CC6(C)C5CCC4(C)C3C2(C)O)C2C=CC1(C)CC2. The number of rotatable bonds is 0. The highest BCUT2D eigenvalue weighted by atomic mass is 16.6. The molecule has 16 unspecified atom stereocenters. The van der Waals surface area contributed by atoms with Gasteiger partial charge in [0, 0.05) is 41.6 Å². The van der Waals surface area contributed by atoms with Crippen LogP contribution in [0, 0.1) is 45.8 Å². The van der Waals surface area contributed by atoms with Crippen LogP contribution in [0.5, 0.6) is 11.5 Å². The normalized spacial score (nSPS) is 56.7. The van der Waals surface area contributed by atoms with Gasteiger partial charge in [-0.1, -0.05) is 39.8 Å². The zero-order valence-corrected chi connectivity index (χ0v) is 29.2. The highest BCUT2D eigenvalue weighted by Gasteiger charge is 2.81. The summed E-state index contributed by atoms with van der Waals surface area (Å²) in [6.45, 7) is 10.0. The van der Waals surface area contributed by atoms with Crippen LogP contribution >= 0.6 is 0 Å². The number of hydrogen-bond acceptors (Lipinski definition) is 9. The largest absolute Gasteiger partial charge is 0.508 e. The molecule has 9 nitrogen and oxygen atoms in total. The third kappa shape index (κ3) is 3.47. The molecule has 1 heterocycles. The first-order valence-corrected chi connectivity index (χ1v) is 18.5. The summed E-state index contributed by atoms with van der Waals surface area (Å²) in [5.74, 6) is -3.25. The summed E-state index contributed by atoms with van der Waals surface area (Å²) in [5, 5.41) is 83.2. The number of carbonyl (C=O) groups excluding carboxylic acids is 1. The third-order valence-electron chi connectivity index (χ3n) is 16.8. The summed E-state index contributed by atoms with van der Waals surface area (Å²) in [6, 6.07) is 2.78. The second kappa shape index (κ2) is 9.39. The Morgan fingerprint density at radius 1 is 0.918 bits per heavy atom. The second-order valence-electron chi connectivity index (χ2n) is 18.6. The van der Waals surface area contributed by atoms with Crippen LogP contribution in [-0.2, 0) is 16.0 Å². The molecule has 4 saturated carbocycles. The monoisotopic (exact) mass is 676 g/mol. The minimum atomic E-state index is -1.62. The van der Waals surface area contributed by atoms with Gasteiger partial charge in [-0.15, -0.1) is 0 Å². The summed E-state index contributed by atoms with van der Waals surface area (Å²) in [6.07, 6.45) is 6.92. The molecule has 10 rings (SSSR count). The molecular formula is C40H52O9. The van der Waals surface area contributed by atoms with E-state index in [0.29, 0.717) is 36.0 Å². The first-order chi connectivity index (χ1) is 22.8. The van der Waals surface area contributed by atoms with E-state index < -0.39 is 69.3 Å². The number of aliphatic hydroxyl groups excluding tert-OH is 2. The first-order valence-electron chi connectivity index (χ1n) is 18.5. The maximum absolute atomic E-state index is 14.6. The van der Waals surface area contributed by atoms with Crippen molar-refractivity contribution < 1.29 is 45.3 Å². The van der Waals surface area contributed by atoms with Crippen LogP contribution < -0.4 is 0 Å². The molecule has 1 saturated heterocycles. The van der Waals surface area contributed by atoms with Gasteiger partial charge in [0.2, 0.25) is 0 Å². The van der Waals surface area contributed by atoms with E-state index in [9.17, 15) is 40.5 Å². The maximum atomic E-state index is 14.6. The van der Waals surface area contributed by atoms with Crippen LogP contribution in [0.15, 0.2) is 35.9 Å². The fourth-order valence-corrected chi connectivity index (χ4v) is 14.1. The summed E-state index contributed by atoms with van der Waals surface area (Å²) in [4.78, 5) is 14.6. The smallest absolute Gasteiger partial charge is 0.160 e. The van der Waals surface area contributed by atoms with Crippen molar-refractivity contribution in [3.05, 3.63) is 47.1 Å². The lowest BCUT2D eigenvalue weighted by Crippen LogP contribution is -2.69. The quantitative estimate of drug-likeness (QED) is 0.202. The molecule has 266 valence electrons. The molecule has 1 aliphatic heterocycles. The Hall–Kier alpha value is -2.27. The molecular weight excluding hydrogens is 624 g/mol. The molecule has 0 aromatic heterocycles. The first kappa shape index (κ1) is 32.6. The molecule has 49 heavy (non-hydrogen) atoms. The van der Waals surface area contributed by atoms with Crippen LogP contribution in [-0.4, -0.2) is 82.2 Å². The highest BCUT2D eigenvalue weighted by Crippen LogP contribution is 2.75. The number of ether oxygens (including phenoxy) is 1. The Balaban J connectivity index is 1.14. The topological polar surface area (TPSA) is 168 Å². The number of benzene rings is 1. The molecule has 2 bridgehead atoms. The minimum absolute atomic E-state index is 0.0886. The van der Waals surface area contributed by atoms with E-state index in [1.54, 1.807) is 13.0 Å². The van der Waals surface area contributed by atoms with E-state index >= 15 is 0 Å². The maximum Gasteiger partial charge on any atom is 0.160 e. The van der Waals surface area contributed by atoms with Crippen molar-refractivity contribution in [1.29, 1.82) is 0 Å². The number of ketones is 1. The molecule has 0 radical (unpaired) electrons. The van der Waals surface area contributed by atoms with Crippen molar-refractivity contribution >= 4 is 5.78 Å². The van der Waals surface area contributed by atoms with Crippen LogP contribution in [0.4, 0.5) is 0 Å². The van der Waals surface area contributed by atoms with Gasteiger partial charge in [0.15, 0.2) is 5.78 Å². The van der Waals surface area contributed by atoms with E-state index in [4.69, 9.17) is 4.74 Å².